The molecule has 2 rings (SSSR count). The summed E-state index contributed by atoms with van der Waals surface area (Å²) >= 11 is 0. The Hall–Kier alpha value is -1.49. The summed E-state index contributed by atoms with van der Waals surface area (Å²) < 4.78 is 30.7. The molecule has 0 heterocycles. The maximum atomic E-state index is 12.9. The standard InChI is InChI=1S/C14H17F2NO2/c15-12-5-2-10(8-13(12)16)9-17-6-1-7-19-14(18)11-3-4-11/h2,5,8,11,17H,1,3-4,6-7,9H2. The quantitative estimate of drug-likeness (QED) is 0.610. The molecule has 1 aliphatic rings. The summed E-state index contributed by atoms with van der Waals surface area (Å²) in [5.41, 5.74) is 0.689. The van der Waals surface area contributed by atoms with E-state index in [0.29, 0.717) is 31.7 Å². The zero-order chi connectivity index (χ0) is 13.7. The molecule has 0 radical (unpaired) electrons. The predicted octanol–water partition coefficient (Wildman–Crippen LogP) is 2.40. The summed E-state index contributed by atoms with van der Waals surface area (Å²) in [5, 5.41) is 3.09. The van der Waals surface area contributed by atoms with Gasteiger partial charge >= 0.3 is 5.97 Å². The molecule has 1 saturated carbocycles. The zero-order valence-corrected chi connectivity index (χ0v) is 10.6. The summed E-state index contributed by atoms with van der Waals surface area (Å²) in [6.07, 6.45) is 2.61. The minimum absolute atomic E-state index is 0.0967. The van der Waals surface area contributed by atoms with Gasteiger partial charge in [0.25, 0.3) is 0 Å². The number of halogens is 2. The Kier molecular flexibility index (Phi) is 4.85. The summed E-state index contributed by atoms with van der Waals surface area (Å²) in [6.45, 7) is 1.53. The monoisotopic (exact) mass is 269 g/mol. The van der Waals surface area contributed by atoms with Crippen LogP contribution in [0.2, 0.25) is 0 Å². The van der Waals surface area contributed by atoms with Crippen molar-refractivity contribution in [3.8, 4) is 0 Å². The van der Waals surface area contributed by atoms with Crippen LogP contribution >= 0.6 is 0 Å². The summed E-state index contributed by atoms with van der Waals surface area (Å²) in [4.78, 5) is 11.2. The van der Waals surface area contributed by atoms with Crippen LogP contribution in [0.15, 0.2) is 18.2 Å². The van der Waals surface area contributed by atoms with Gasteiger partial charge in [-0.15, -0.1) is 0 Å². The molecular formula is C14H17F2NO2. The highest BCUT2D eigenvalue weighted by Crippen LogP contribution is 2.29. The second-order valence-corrected chi connectivity index (χ2v) is 4.72. The average Bonchev–Trinajstić information content (AvgIpc) is 3.21. The Bertz CT molecular complexity index is 447. The maximum Gasteiger partial charge on any atom is 0.308 e. The third kappa shape index (κ3) is 4.59. The molecule has 0 aromatic heterocycles. The van der Waals surface area contributed by atoms with Crippen LogP contribution in [0.5, 0.6) is 0 Å². The van der Waals surface area contributed by atoms with Crippen LogP contribution < -0.4 is 5.32 Å². The Morgan fingerprint density at radius 2 is 2.11 bits per heavy atom. The van der Waals surface area contributed by atoms with Gasteiger partial charge in [-0.1, -0.05) is 6.07 Å². The summed E-state index contributed by atoms with van der Waals surface area (Å²) in [6, 6.07) is 3.83. The molecule has 5 heteroatoms. The van der Waals surface area contributed by atoms with Crippen molar-refractivity contribution in [2.75, 3.05) is 13.2 Å². The first-order chi connectivity index (χ1) is 9.16. The van der Waals surface area contributed by atoms with E-state index >= 15 is 0 Å². The second kappa shape index (κ2) is 6.61. The van der Waals surface area contributed by atoms with Crippen LogP contribution in [0, 0.1) is 17.6 Å². The second-order valence-electron chi connectivity index (χ2n) is 4.72. The smallest absolute Gasteiger partial charge is 0.308 e. The van der Waals surface area contributed by atoms with Crippen molar-refractivity contribution in [3.05, 3.63) is 35.4 Å². The van der Waals surface area contributed by atoms with Gasteiger partial charge in [0.15, 0.2) is 11.6 Å². The maximum absolute atomic E-state index is 12.9. The van der Waals surface area contributed by atoms with Gasteiger partial charge in [0.05, 0.1) is 12.5 Å². The van der Waals surface area contributed by atoms with E-state index in [1.165, 1.54) is 6.07 Å². The van der Waals surface area contributed by atoms with Gasteiger partial charge in [-0.2, -0.15) is 0 Å². The van der Waals surface area contributed by atoms with E-state index in [1.807, 2.05) is 0 Å². The molecule has 0 saturated heterocycles. The lowest BCUT2D eigenvalue weighted by atomic mass is 10.2. The number of carbonyl (C=O) groups excluding carboxylic acids is 1. The molecule has 0 spiro atoms. The SMILES string of the molecule is O=C(OCCCNCc1ccc(F)c(F)c1)C1CC1. The van der Waals surface area contributed by atoms with E-state index in [1.54, 1.807) is 6.07 Å². The lowest BCUT2D eigenvalue weighted by Gasteiger charge is -2.06. The van der Waals surface area contributed by atoms with Gasteiger partial charge in [0, 0.05) is 6.54 Å². The van der Waals surface area contributed by atoms with Crippen molar-refractivity contribution in [1.82, 2.24) is 5.32 Å². The van der Waals surface area contributed by atoms with E-state index in [-0.39, 0.29) is 11.9 Å². The molecular weight excluding hydrogens is 252 g/mol. The Morgan fingerprint density at radius 3 is 2.79 bits per heavy atom. The fourth-order valence-corrected chi connectivity index (χ4v) is 1.69. The molecule has 1 fully saturated rings. The molecule has 0 unspecified atom stereocenters. The molecule has 1 aromatic rings. The highest BCUT2D eigenvalue weighted by atomic mass is 19.2. The minimum atomic E-state index is -0.837. The highest BCUT2D eigenvalue weighted by molar-refractivity contribution is 5.74. The summed E-state index contributed by atoms with van der Waals surface area (Å²) in [7, 11) is 0. The Labute approximate surface area is 111 Å². The van der Waals surface area contributed by atoms with E-state index < -0.39 is 11.6 Å². The number of ether oxygens (including phenoxy) is 1. The first kappa shape index (κ1) is 13.9. The largest absolute Gasteiger partial charge is 0.465 e. The number of rotatable bonds is 7. The van der Waals surface area contributed by atoms with E-state index in [4.69, 9.17) is 4.74 Å². The number of benzene rings is 1. The van der Waals surface area contributed by atoms with Gasteiger partial charge in [-0.3, -0.25) is 4.79 Å². The normalized spacial score (nSPS) is 14.4. The van der Waals surface area contributed by atoms with Crippen LogP contribution in [0.4, 0.5) is 8.78 Å². The fourth-order valence-electron chi connectivity index (χ4n) is 1.69. The first-order valence-corrected chi connectivity index (χ1v) is 6.48. The lowest BCUT2D eigenvalue weighted by molar-refractivity contribution is -0.145. The van der Waals surface area contributed by atoms with E-state index in [2.05, 4.69) is 5.32 Å². The van der Waals surface area contributed by atoms with Gasteiger partial charge in [-0.05, 0) is 43.5 Å². The first-order valence-electron chi connectivity index (χ1n) is 6.48. The molecule has 19 heavy (non-hydrogen) atoms. The lowest BCUT2D eigenvalue weighted by Crippen LogP contribution is -2.18. The van der Waals surface area contributed by atoms with Crippen molar-refractivity contribution in [3.63, 3.8) is 0 Å². The van der Waals surface area contributed by atoms with Gasteiger partial charge < -0.3 is 10.1 Å². The predicted molar refractivity (Wildman–Crippen MR) is 66.4 cm³/mol. The Morgan fingerprint density at radius 1 is 1.32 bits per heavy atom. The van der Waals surface area contributed by atoms with Crippen molar-refractivity contribution < 1.29 is 18.3 Å². The molecule has 0 bridgehead atoms. The van der Waals surface area contributed by atoms with Crippen LogP contribution in [0.3, 0.4) is 0 Å². The van der Waals surface area contributed by atoms with Crippen LogP contribution in [-0.2, 0) is 16.1 Å². The molecule has 1 aromatic carbocycles. The molecule has 0 atom stereocenters. The van der Waals surface area contributed by atoms with Crippen molar-refractivity contribution in [2.24, 2.45) is 5.92 Å². The topological polar surface area (TPSA) is 38.3 Å². The van der Waals surface area contributed by atoms with Crippen molar-refractivity contribution in [2.45, 2.75) is 25.8 Å². The molecule has 3 nitrogen and oxygen atoms in total. The minimum Gasteiger partial charge on any atom is -0.465 e. The van der Waals surface area contributed by atoms with Crippen LogP contribution in [0.25, 0.3) is 0 Å². The molecule has 1 N–H and O–H groups in total. The van der Waals surface area contributed by atoms with Crippen molar-refractivity contribution in [1.29, 1.82) is 0 Å². The van der Waals surface area contributed by atoms with Gasteiger partial charge in [-0.25, -0.2) is 8.78 Å². The third-order valence-electron chi connectivity index (χ3n) is 2.97. The Balaban J connectivity index is 1.56. The third-order valence-corrected chi connectivity index (χ3v) is 2.97. The van der Waals surface area contributed by atoms with Gasteiger partial charge in [0.1, 0.15) is 0 Å². The van der Waals surface area contributed by atoms with Crippen LogP contribution in [-0.4, -0.2) is 19.1 Å². The number of nitrogens with one attached hydrogen (secondary N) is 1. The zero-order valence-electron chi connectivity index (χ0n) is 10.6. The average molecular weight is 269 g/mol. The molecule has 0 aliphatic heterocycles. The molecule has 1 aliphatic carbocycles. The number of esters is 1. The molecule has 104 valence electrons. The number of hydrogen-bond acceptors (Lipinski definition) is 3. The van der Waals surface area contributed by atoms with E-state index in [0.717, 1.165) is 18.9 Å². The van der Waals surface area contributed by atoms with Gasteiger partial charge in [0.2, 0.25) is 0 Å². The molecule has 0 amide bonds. The van der Waals surface area contributed by atoms with Crippen LogP contribution in [0.1, 0.15) is 24.8 Å². The number of hydrogen-bond donors (Lipinski definition) is 1. The fraction of sp³-hybridized carbons (Fsp3) is 0.500. The van der Waals surface area contributed by atoms with Crippen molar-refractivity contribution >= 4 is 5.97 Å². The highest BCUT2D eigenvalue weighted by Gasteiger charge is 2.30. The van der Waals surface area contributed by atoms with E-state index in [9.17, 15) is 13.6 Å². The summed E-state index contributed by atoms with van der Waals surface area (Å²) in [5.74, 6) is -1.64. The number of carbonyl (C=O) groups is 1.